The number of nitrogens with one attached hydrogen (secondary N) is 1. The van der Waals surface area contributed by atoms with E-state index in [9.17, 15) is 4.79 Å². The van der Waals surface area contributed by atoms with Crippen molar-refractivity contribution in [3.63, 3.8) is 0 Å². The van der Waals surface area contributed by atoms with Gasteiger partial charge in [-0.05, 0) is 31.6 Å². The molecule has 1 aromatic heterocycles. The van der Waals surface area contributed by atoms with Crippen LogP contribution in [0, 0.1) is 5.92 Å². The van der Waals surface area contributed by atoms with Crippen LogP contribution in [-0.4, -0.2) is 33.7 Å². The van der Waals surface area contributed by atoms with Crippen molar-refractivity contribution in [1.29, 1.82) is 0 Å². The van der Waals surface area contributed by atoms with E-state index >= 15 is 0 Å². The average molecular weight is 250 g/mol. The van der Waals surface area contributed by atoms with Crippen LogP contribution < -0.4 is 5.32 Å². The molecular weight excluding hydrogens is 232 g/mol. The van der Waals surface area contributed by atoms with E-state index in [1.165, 1.54) is 12.8 Å². The van der Waals surface area contributed by atoms with Crippen LogP contribution in [0.5, 0.6) is 0 Å². The first-order valence-corrected chi connectivity index (χ1v) is 6.68. The smallest absolute Gasteiger partial charge is 0.321 e. The van der Waals surface area contributed by atoms with Crippen LogP contribution in [0.1, 0.15) is 38.4 Å². The lowest BCUT2D eigenvalue weighted by molar-refractivity contribution is 0.199. The Balaban J connectivity index is 1.63. The van der Waals surface area contributed by atoms with Crippen molar-refractivity contribution in [1.82, 2.24) is 15.0 Å². The lowest BCUT2D eigenvalue weighted by atomic mass is 10.1. The highest BCUT2D eigenvalue weighted by Gasteiger charge is 2.40. The number of hydrogen-bond donors (Lipinski definition) is 1. The molecule has 0 bridgehead atoms. The van der Waals surface area contributed by atoms with Crippen molar-refractivity contribution in [3.05, 3.63) is 5.82 Å². The Morgan fingerprint density at radius 1 is 1.50 bits per heavy atom. The maximum absolute atomic E-state index is 12.1. The second-order valence-corrected chi connectivity index (χ2v) is 5.04. The normalized spacial score (nSPS) is 23.4. The van der Waals surface area contributed by atoms with Crippen LogP contribution in [0.3, 0.4) is 0 Å². The molecule has 1 unspecified atom stereocenters. The molecule has 1 N–H and O–H groups in total. The molecule has 1 aliphatic carbocycles. The number of rotatable bonds is 3. The van der Waals surface area contributed by atoms with Crippen LogP contribution in [0.25, 0.3) is 0 Å². The fraction of sp³-hybridized carbons (Fsp3) is 0.750. The van der Waals surface area contributed by atoms with E-state index in [1.807, 2.05) is 11.8 Å². The van der Waals surface area contributed by atoms with Gasteiger partial charge in [0.25, 0.3) is 0 Å². The van der Waals surface area contributed by atoms with Gasteiger partial charge in [0, 0.05) is 19.0 Å². The minimum atomic E-state index is -0.101. The molecule has 0 spiro atoms. The van der Waals surface area contributed by atoms with Crippen LogP contribution in [-0.2, 0) is 6.42 Å². The quantitative estimate of drug-likeness (QED) is 0.891. The summed E-state index contributed by atoms with van der Waals surface area (Å²) in [6.07, 6.45) is 5.44. The highest BCUT2D eigenvalue weighted by molar-refractivity contribution is 5.87. The highest BCUT2D eigenvalue weighted by atomic mass is 16.5. The Morgan fingerprint density at radius 2 is 2.33 bits per heavy atom. The summed E-state index contributed by atoms with van der Waals surface area (Å²) in [5, 5.41) is 6.46. The first kappa shape index (κ1) is 11.5. The van der Waals surface area contributed by atoms with Gasteiger partial charge in [-0.15, -0.1) is 0 Å². The van der Waals surface area contributed by atoms with E-state index in [1.54, 1.807) is 0 Å². The number of aryl methyl sites for hydroxylation is 1. The molecule has 2 amide bonds. The Kier molecular flexibility index (Phi) is 2.93. The number of likely N-dealkylation sites (tertiary alicyclic amines) is 1. The summed E-state index contributed by atoms with van der Waals surface area (Å²) >= 11 is 0. The number of urea groups is 1. The molecule has 1 saturated heterocycles. The predicted molar refractivity (Wildman–Crippen MR) is 65.1 cm³/mol. The summed E-state index contributed by atoms with van der Waals surface area (Å²) in [5.74, 6) is 1.33. The molecule has 0 radical (unpaired) electrons. The minimum Gasteiger partial charge on any atom is -0.321 e. The Bertz CT molecular complexity index is 441. The third kappa shape index (κ3) is 2.19. The Morgan fingerprint density at radius 3 is 3.00 bits per heavy atom. The van der Waals surface area contributed by atoms with E-state index < -0.39 is 0 Å². The van der Waals surface area contributed by atoms with Gasteiger partial charge >= 0.3 is 12.0 Å². The van der Waals surface area contributed by atoms with Gasteiger partial charge in [0.15, 0.2) is 5.82 Å². The fourth-order valence-electron chi connectivity index (χ4n) is 2.63. The summed E-state index contributed by atoms with van der Waals surface area (Å²) in [7, 11) is 0. The van der Waals surface area contributed by atoms with E-state index in [0.29, 0.717) is 24.2 Å². The summed E-state index contributed by atoms with van der Waals surface area (Å²) in [6.45, 7) is 2.78. The largest absolute Gasteiger partial charge is 0.329 e. The van der Waals surface area contributed by atoms with Gasteiger partial charge in [0.1, 0.15) is 0 Å². The van der Waals surface area contributed by atoms with E-state index in [2.05, 4.69) is 15.5 Å². The third-order valence-corrected chi connectivity index (χ3v) is 3.72. The molecule has 6 nitrogen and oxygen atoms in total. The van der Waals surface area contributed by atoms with Crippen molar-refractivity contribution in [2.24, 2.45) is 5.92 Å². The van der Waals surface area contributed by atoms with Crippen molar-refractivity contribution >= 4 is 12.0 Å². The van der Waals surface area contributed by atoms with Crippen molar-refractivity contribution in [2.75, 3.05) is 11.9 Å². The molecule has 1 aromatic rings. The zero-order valence-corrected chi connectivity index (χ0v) is 10.6. The molecule has 2 aliphatic rings. The molecule has 0 aromatic carbocycles. The first-order valence-electron chi connectivity index (χ1n) is 6.68. The highest BCUT2D eigenvalue weighted by Crippen LogP contribution is 2.40. The minimum absolute atomic E-state index is 0.101. The molecule has 2 fully saturated rings. The number of carbonyl (C=O) groups is 1. The monoisotopic (exact) mass is 250 g/mol. The van der Waals surface area contributed by atoms with Gasteiger partial charge in [-0.3, -0.25) is 5.32 Å². The zero-order valence-electron chi connectivity index (χ0n) is 10.6. The maximum atomic E-state index is 12.1. The third-order valence-electron chi connectivity index (χ3n) is 3.72. The van der Waals surface area contributed by atoms with E-state index in [0.717, 1.165) is 19.4 Å². The van der Waals surface area contributed by atoms with Crippen molar-refractivity contribution in [3.8, 4) is 0 Å². The predicted octanol–water partition coefficient (Wildman–Crippen LogP) is 2.04. The second kappa shape index (κ2) is 4.59. The summed E-state index contributed by atoms with van der Waals surface area (Å²) < 4.78 is 4.98. The standard InChI is InChI=1S/C12H18N4O2/c1-2-10-13-11(18-15-10)14-12(17)16-7-3-4-9(16)8-5-6-8/h8-9H,2-7H2,1H3,(H,13,14,15,17). The van der Waals surface area contributed by atoms with Crippen LogP contribution in [0.2, 0.25) is 0 Å². The first-order chi connectivity index (χ1) is 8.78. The molecule has 98 valence electrons. The van der Waals surface area contributed by atoms with Gasteiger partial charge in [0.2, 0.25) is 0 Å². The van der Waals surface area contributed by atoms with Gasteiger partial charge < -0.3 is 9.42 Å². The van der Waals surface area contributed by atoms with Gasteiger partial charge in [-0.2, -0.15) is 4.98 Å². The average Bonchev–Trinajstić information content (AvgIpc) is 2.93. The van der Waals surface area contributed by atoms with Gasteiger partial charge in [-0.1, -0.05) is 12.1 Å². The van der Waals surface area contributed by atoms with Gasteiger partial charge in [0.05, 0.1) is 0 Å². The molecule has 1 atom stereocenters. The summed E-state index contributed by atoms with van der Waals surface area (Å²) in [5.41, 5.74) is 0. The number of amides is 2. The zero-order chi connectivity index (χ0) is 12.5. The van der Waals surface area contributed by atoms with Crippen LogP contribution >= 0.6 is 0 Å². The molecule has 6 heteroatoms. The summed E-state index contributed by atoms with van der Waals surface area (Å²) in [4.78, 5) is 18.2. The molecule has 3 rings (SSSR count). The topological polar surface area (TPSA) is 71.3 Å². The van der Waals surface area contributed by atoms with Gasteiger partial charge in [-0.25, -0.2) is 4.79 Å². The lowest BCUT2D eigenvalue weighted by Crippen LogP contribution is -2.39. The second-order valence-electron chi connectivity index (χ2n) is 5.04. The van der Waals surface area contributed by atoms with E-state index in [-0.39, 0.29) is 12.0 Å². The van der Waals surface area contributed by atoms with Crippen molar-refractivity contribution in [2.45, 2.75) is 45.1 Å². The molecular formula is C12H18N4O2. The summed E-state index contributed by atoms with van der Waals surface area (Å²) in [6, 6.07) is 0.521. The SMILES string of the molecule is CCc1noc(NC(=O)N2CCCC2C2CC2)n1. The fourth-order valence-corrected chi connectivity index (χ4v) is 2.63. The maximum Gasteiger partial charge on any atom is 0.329 e. The number of aromatic nitrogens is 2. The van der Waals surface area contributed by atoms with Crippen molar-refractivity contribution < 1.29 is 9.32 Å². The van der Waals surface area contributed by atoms with E-state index in [4.69, 9.17) is 4.52 Å². The Hall–Kier alpha value is -1.59. The van der Waals surface area contributed by atoms with Crippen LogP contribution in [0.15, 0.2) is 4.52 Å². The number of nitrogens with zero attached hydrogens (tertiary/aromatic N) is 3. The molecule has 2 heterocycles. The lowest BCUT2D eigenvalue weighted by Gasteiger charge is -2.23. The number of carbonyl (C=O) groups excluding carboxylic acids is 1. The Labute approximate surface area is 106 Å². The van der Waals surface area contributed by atoms with Crippen LogP contribution in [0.4, 0.5) is 10.8 Å². The number of anilines is 1. The molecule has 1 saturated carbocycles. The number of hydrogen-bond acceptors (Lipinski definition) is 4. The molecule has 18 heavy (non-hydrogen) atoms. The molecule has 1 aliphatic heterocycles.